The zero-order valence-electron chi connectivity index (χ0n) is 26.3. The van der Waals surface area contributed by atoms with Gasteiger partial charge in [0.2, 0.25) is 5.91 Å². The summed E-state index contributed by atoms with van der Waals surface area (Å²) in [5.74, 6) is 0.487. The number of hydrogen-bond donors (Lipinski definition) is 1. The fourth-order valence-electron chi connectivity index (χ4n) is 8.05. The van der Waals surface area contributed by atoms with Gasteiger partial charge < -0.3 is 24.8 Å². The van der Waals surface area contributed by atoms with Crippen LogP contribution in [0, 0.1) is 16.7 Å². The zero-order chi connectivity index (χ0) is 32.0. The second-order valence-electron chi connectivity index (χ2n) is 13.4. The molecule has 0 spiro atoms. The molecular weight excluding hydrogens is 585 g/mol. The second kappa shape index (κ2) is 12.1. The lowest BCUT2D eigenvalue weighted by Crippen LogP contribution is -2.57. The molecule has 2 amide bonds. The van der Waals surface area contributed by atoms with Crippen LogP contribution < -0.4 is 15.0 Å². The van der Waals surface area contributed by atoms with E-state index in [0.29, 0.717) is 75.1 Å². The minimum Gasteiger partial charge on any atom is -0.492 e. The van der Waals surface area contributed by atoms with E-state index in [2.05, 4.69) is 20.1 Å². The summed E-state index contributed by atoms with van der Waals surface area (Å²) in [5, 5.41) is 3.09. The van der Waals surface area contributed by atoms with Gasteiger partial charge in [0.1, 0.15) is 11.4 Å². The number of nitrogens with one attached hydrogen (secondary N) is 1. The van der Waals surface area contributed by atoms with E-state index in [1.165, 1.54) is 0 Å². The number of carbonyl (C=O) groups is 2. The zero-order valence-corrected chi connectivity index (χ0v) is 26.3. The smallest absolute Gasteiger partial charge is 0.394 e. The Kier molecular flexibility index (Phi) is 8.47. The molecule has 2 aliphatic heterocycles. The van der Waals surface area contributed by atoms with Gasteiger partial charge in [-0.1, -0.05) is 6.92 Å². The van der Waals surface area contributed by atoms with Crippen LogP contribution in [0.15, 0.2) is 30.6 Å². The normalized spacial score (nSPS) is 27.0. The lowest BCUT2D eigenvalue weighted by Gasteiger charge is -2.45. The maximum Gasteiger partial charge on any atom is 0.394 e. The van der Waals surface area contributed by atoms with Gasteiger partial charge in [0.15, 0.2) is 5.69 Å². The van der Waals surface area contributed by atoms with Crippen LogP contribution in [0.4, 0.5) is 18.9 Å². The van der Waals surface area contributed by atoms with E-state index in [1.54, 1.807) is 17.3 Å². The third-order valence-corrected chi connectivity index (χ3v) is 10.6. The number of aromatic nitrogens is 2. The number of pyridine rings is 2. The Hall–Kier alpha value is -3.41. The number of hydrogen-bond acceptors (Lipinski definition) is 7. The molecule has 6 rings (SSSR count). The predicted octanol–water partition coefficient (Wildman–Crippen LogP) is 4.77. The highest BCUT2D eigenvalue weighted by Crippen LogP contribution is 2.67. The molecule has 9 nitrogen and oxygen atoms in total. The summed E-state index contributed by atoms with van der Waals surface area (Å²) in [4.78, 5) is 42.9. The summed E-state index contributed by atoms with van der Waals surface area (Å²) < 4.78 is 47.9. The lowest BCUT2D eigenvalue weighted by atomic mass is 9.81. The molecule has 2 saturated carbocycles. The summed E-state index contributed by atoms with van der Waals surface area (Å²) in [5.41, 5.74) is -0.479. The molecule has 244 valence electrons. The SMILES string of the molecule is CCOc1cc(N2CCN(C(=O)C34CCC(C(F)(F)F)(CC3)C4)C[C@H]2CC)c(C(=O)NCC2CN(C)C2)nc1-c1cccnc1. The molecule has 2 aliphatic carbocycles. The number of nitrogens with zero attached hydrogens (tertiary/aromatic N) is 5. The molecule has 12 heteroatoms. The predicted molar refractivity (Wildman–Crippen MR) is 164 cm³/mol. The molecule has 2 bridgehead atoms. The van der Waals surface area contributed by atoms with Crippen molar-refractivity contribution in [3.8, 4) is 17.0 Å². The minimum atomic E-state index is -4.28. The maximum atomic E-state index is 14.0. The summed E-state index contributed by atoms with van der Waals surface area (Å²) in [6, 6.07) is 5.40. The molecular formula is C33H43F3N6O3. The van der Waals surface area contributed by atoms with Crippen LogP contribution in [0.5, 0.6) is 5.75 Å². The lowest BCUT2D eigenvalue weighted by molar-refractivity contribution is -0.220. The molecule has 0 radical (unpaired) electrons. The molecule has 2 saturated heterocycles. The number of amides is 2. The van der Waals surface area contributed by atoms with Crippen LogP contribution in [-0.4, -0.2) is 96.7 Å². The van der Waals surface area contributed by atoms with Crippen molar-refractivity contribution in [1.82, 2.24) is 25.1 Å². The van der Waals surface area contributed by atoms with Gasteiger partial charge in [0.25, 0.3) is 5.91 Å². The maximum absolute atomic E-state index is 14.0. The fourth-order valence-corrected chi connectivity index (χ4v) is 8.05. The van der Waals surface area contributed by atoms with Crippen molar-refractivity contribution in [3.05, 3.63) is 36.3 Å². The van der Waals surface area contributed by atoms with Gasteiger partial charge >= 0.3 is 6.18 Å². The fraction of sp³-hybridized carbons (Fsp3) is 0.636. The molecule has 0 aromatic carbocycles. The van der Waals surface area contributed by atoms with E-state index in [1.807, 2.05) is 39.1 Å². The number of alkyl halides is 3. The van der Waals surface area contributed by atoms with Crippen LogP contribution in [0.3, 0.4) is 0 Å². The van der Waals surface area contributed by atoms with Gasteiger partial charge in [-0.15, -0.1) is 0 Å². The largest absolute Gasteiger partial charge is 0.492 e. The van der Waals surface area contributed by atoms with Crippen molar-refractivity contribution >= 4 is 17.5 Å². The van der Waals surface area contributed by atoms with Crippen molar-refractivity contribution in [1.29, 1.82) is 0 Å². The second-order valence-corrected chi connectivity index (χ2v) is 13.4. The number of rotatable bonds is 9. The van der Waals surface area contributed by atoms with E-state index >= 15 is 0 Å². The average Bonchev–Trinajstić information content (AvgIpc) is 3.62. The van der Waals surface area contributed by atoms with Gasteiger partial charge in [0.05, 0.1) is 23.1 Å². The summed E-state index contributed by atoms with van der Waals surface area (Å²) in [7, 11) is 2.05. The van der Waals surface area contributed by atoms with Crippen molar-refractivity contribution in [2.24, 2.45) is 16.7 Å². The third kappa shape index (κ3) is 5.74. The van der Waals surface area contributed by atoms with Gasteiger partial charge in [-0.2, -0.15) is 13.2 Å². The number of fused-ring (bicyclic) bond motifs is 2. The van der Waals surface area contributed by atoms with E-state index in [-0.39, 0.29) is 42.8 Å². The van der Waals surface area contributed by atoms with Gasteiger partial charge in [-0.25, -0.2) is 4.98 Å². The first-order valence-corrected chi connectivity index (χ1v) is 16.2. The van der Waals surface area contributed by atoms with Crippen LogP contribution in [-0.2, 0) is 4.79 Å². The van der Waals surface area contributed by atoms with Gasteiger partial charge in [-0.3, -0.25) is 14.6 Å². The number of halogens is 3. The topological polar surface area (TPSA) is 90.9 Å². The Labute approximate surface area is 262 Å². The van der Waals surface area contributed by atoms with E-state index in [0.717, 1.165) is 18.7 Å². The Morgan fingerprint density at radius 1 is 1.11 bits per heavy atom. The van der Waals surface area contributed by atoms with Crippen LogP contribution in [0.25, 0.3) is 11.3 Å². The first-order chi connectivity index (χ1) is 21.5. The first kappa shape index (κ1) is 31.6. The monoisotopic (exact) mass is 628 g/mol. The quantitative estimate of drug-likeness (QED) is 0.428. The van der Waals surface area contributed by atoms with Crippen molar-refractivity contribution in [3.63, 3.8) is 0 Å². The molecule has 1 N–H and O–H groups in total. The van der Waals surface area contributed by atoms with Crippen molar-refractivity contribution in [2.75, 3.05) is 57.8 Å². The summed E-state index contributed by atoms with van der Waals surface area (Å²) >= 11 is 0. The molecule has 4 heterocycles. The number of piperazine rings is 1. The van der Waals surface area contributed by atoms with Crippen LogP contribution >= 0.6 is 0 Å². The average molecular weight is 629 g/mol. The number of ether oxygens (including phenoxy) is 1. The Balaban J connectivity index is 1.28. The molecule has 4 fully saturated rings. The Morgan fingerprint density at radius 3 is 2.47 bits per heavy atom. The Bertz CT molecular complexity index is 1410. The summed E-state index contributed by atoms with van der Waals surface area (Å²) in [6.45, 7) is 7.86. The molecule has 1 atom stereocenters. The summed E-state index contributed by atoms with van der Waals surface area (Å²) in [6.07, 6.45) is 0.304. The van der Waals surface area contributed by atoms with Crippen molar-refractivity contribution < 1.29 is 27.5 Å². The molecule has 45 heavy (non-hydrogen) atoms. The van der Waals surface area contributed by atoms with Crippen LogP contribution in [0.1, 0.15) is 62.9 Å². The Morgan fingerprint density at radius 2 is 1.87 bits per heavy atom. The number of anilines is 1. The minimum absolute atomic E-state index is 0.0319. The first-order valence-electron chi connectivity index (χ1n) is 16.2. The number of carbonyl (C=O) groups excluding carboxylic acids is 2. The van der Waals surface area contributed by atoms with Gasteiger partial charge in [-0.05, 0) is 64.6 Å². The molecule has 2 aromatic rings. The molecule has 2 aromatic heterocycles. The molecule has 4 aliphatic rings. The standard InChI is InChI=1S/C33H43F3N6O3/c1-4-24-20-41(30(44)31-8-10-32(21-31,11-9-31)33(34,35)36)13-14-42(24)25-15-26(45-5-2)27(23-7-6-12-37-17-23)39-28(25)29(43)38-16-22-18-40(3)19-22/h6-7,12,15,17,22,24H,4-5,8-11,13-14,16,18-21H2,1-3H3,(H,38,43)/t24-,31?,32?/m1/s1. The van der Waals surface area contributed by atoms with E-state index < -0.39 is 17.0 Å². The third-order valence-electron chi connectivity index (χ3n) is 10.6. The highest BCUT2D eigenvalue weighted by molar-refractivity contribution is 5.99. The number of likely N-dealkylation sites (tertiary alicyclic amines) is 1. The van der Waals surface area contributed by atoms with Crippen LogP contribution in [0.2, 0.25) is 0 Å². The van der Waals surface area contributed by atoms with E-state index in [9.17, 15) is 22.8 Å². The molecule has 0 unspecified atom stereocenters. The highest BCUT2D eigenvalue weighted by Gasteiger charge is 2.68. The van der Waals surface area contributed by atoms with Crippen molar-refractivity contribution in [2.45, 2.75) is 64.6 Å². The highest BCUT2D eigenvalue weighted by atomic mass is 19.4. The van der Waals surface area contributed by atoms with E-state index in [4.69, 9.17) is 9.72 Å². The van der Waals surface area contributed by atoms with Gasteiger partial charge in [0, 0.05) is 75.3 Å².